The zero-order valence-electron chi connectivity index (χ0n) is 20.6. The lowest BCUT2D eigenvalue weighted by atomic mass is 9.96. The second-order valence-corrected chi connectivity index (χ2v) is 9.05. The molecule has 0 saturated carbocycles. The maximum Gasteiger partial charge on any atom is 0.254 e. The van der Waals surface area contributed by atoms with Crippen molar-refractivity contribution in [2.45, 2.75) is 33.4 Å². The highest BCUT2D eigenvalue weighted by atomic mass is 16.1. The van der Waals surface area contributed by atoms with Crippen LogP contribution in [0.25, 0.3) is 10.8 Å². The molecule has 0 aliphatic rings. The largest absolute Gasteiger partial charge is 0.383 e. The van der Waals surface area contributed by atoms with E-state index in [-0.39, 0.29) is 5.91 Å². The van der Waals surface area contributed by atoms with Gasteiger partial charge in [0.1, 0.15) is 18.0 Å². The van der Waals surface area contributed by atoms with Crippen LogP contribution >= 0.6 is 0 Å². The van der Waals surface area contributed by atoms with Crippen LogP contribution < -0.4 is 11.1 Å². The summed E-state index contributed by atoms with van der Waals surface area (Å²) in [7, 11) is 1.94. The highest BCUT2D eigenvalue weighted by Gasteiger charge is 2.13. The number of hydrogen-bond donors (Lipinski definition) is 2. The molecular formula is C27H28N8O. The first-order valence-corrected chi connectivity index (χ1v) is 11.7. The Morgan fingerprint density at radius 3 is 2.61 bits per heavy atom. The highest BCUT2D eigenvalue weighted by Crippen LogP contribution is 2.27. The van der Waals surface area contributed by atoms with Crippen molar-refractivity contribution in [1.29, 1.82) is 0 Å². The van der Waals surface area contributed by atoms with Crippen molar-refractivity contribution in [2.24, 2.45) is 7.05 Å². The molecule has 0 atom stereocenters. The Kier molecular flexibility index (Phi) is 6.20. The molecule has 3 heterocycles. The molecule has 3 aromatic heterocycles. The van der Waals surface area contributed by atoms with E-state index in [0.29, 0.717) is 24.5 Å². The molecule has 0 fully saturated rings. The molecule has 5 rings (SSSR count). The van der Waals surface area contributed by atoms with Crippen LogP contribution in [0, 0.1) is 13.8 Å². The highest BCUT2D eigenvalue weighted by molar-refractivity contribution is 5.95. The molecule has 0 aliphatic heterocycles. The van der Waals surface area contributed by atoms with Crippen molar-refractivity contribution in [3.05, 3.63) is 101 Å². The van der Waals surface area contributed by atoms with E-state index in [9.17, 15) is 4.79 Å². The Balaban J connectivity index is 1.22. The lowest BCUT2D eigenvalue weighted by Gasteiger charge is -2.14. The third-order valence-corrected chi connectivity index (χ3v) is 6.57. The standard InChI is InChI=1S/C27H28N8O/c1-17-10-23-22(8-9-29-26(23)28)18(2)24(17)13-30-27(36)21-12-32-35(15-21)14-20-6-4-19(5-7-20)11-25-33-31-16-34(25)3/h4-10,12,15-16H,11,13-14H2,1-3H3,(H2,28,29)(H,30,36). The van der Waals surface area contributed by atoms with Crippen molar-refractivity contribution in [3.8, 4) is 0 Å². The molecular weight excluding hydrogens is 452 g/mol. The van der Waals surface area contributed by atoms with Crippen molar-refractivity contribution in [2.75, 3.05) is 5.73 Å². The number of anilines is 1. The topological polar surface area (TPSA) is 117 Å². The quantitative estimate of drug-likeness (QED) is 0.369. The van der Waals surface area contributed by atoms with E-state index in [2.05, 4.69) is 49.9 Å². The van der Waals surface area contributed by atoms with E-state index >= 15 is 0 Å². The number of hydrogen-bond acceptors (Lipinski definition) is 6. The summed E-state index contributed by atoms with van der Waals surface area (Å²) >= 11 is 0. The maximum atomic E-state index is 12.8. The average molecular weight is 481 g/mol. The fraction of sp³-hybridized carbons (Fsp3) is 0.222. The summed E-state index contributed by atoms with van der Waals surface area (Å²) in [4.78, 5) is 17.0. The molecule has 9 nitrogen and oxygen atoms in total. The number of nitrogen functional groups attached to an aromatic ring is 1. The lowest BCUT2D eigenvalue weighted by molar-refractivity contribution is 0.0950. The van der Waals surface area contributed by atoms with Gasteiger partial charge in [-0.1, -0.05) is 24.3 Å². The number of pyridine rings is 1. The van der Waals surface area contributed by atoms with Gasteiger partial charge in [-0.25, -0.2) is 4.98 Å². The number of benzene rings is 2. The van der Waals surface area contributed by atoms with Crippen molar-refractivity contribution < 1.29 is 4.79 Å². The van der Waals surface area contributed by atoms with E-state index < -0.39 is 0 Å². The van der Waals surface area contributed by atoms with Crippen LogP contribution in [-0.4, -0.2) is 35.4 Å². The van der Waals surface area contributed by atoms with Gasteiger partial charge in [0.15, 0.2) is 0 Å². The predicted octanol–water partition coefficient (Wildman–Crippen LogP) is 3.33. The van der Waals surface area contributed by atoms with Gasteiger partial charge in [-0.05, 0) is 59.2 Å². The van der Waals surface area contributed by atoms with Crippen LogP contribution in [0.3, 0.4) is 0 Å². The van der Waals surface area contributed by atoms with Crippen molar-refractivity contribution in [3.63, 3.8) is 0 Å². The third-order valence-electron chi connectivity index (χ3n) is 6.57. The second-order valence-electron chi connectivity index (χ2n) is 9.05. The first-order valence-electron chi connectivity index (χ1n) is 11.7. The normalized spacial score (nSPS) is 11.2. The van der Waals surface area contributed by atoms with Crippen LogP contribution in [-0.2, 0) is 26.6 Å². The first kappa shape index (κ1) is 23.2. The Morgan fingerprint density at radius 1 is 1.08 bits per heavy atom. The van der Waals surface area contributed by atoms with Crippen LogP contribution in [0.1, 0.15) is 44.0 Å². The predicted molar refractivity (Wildman–Crippen MR) is 138 cm³/mol. The monoisotopic (exact) mass is 480 g/mol. The van der Waals surface area contributed by atoms with Gasteiger partial charge in [0.25, 0.3) is 5.91 Å². The number of aromatic nitrogens is 6. The van der Waals surface area contributed by atoms with Crippen molar-refractivity contribution in [1.82, 2.24) is 34.8 Å². The number of amides is 1. The van der Waals surface area contributed by atoms with Gasteiger partial charge >= 0.3 is 0 Å². The molecule has 0 saturated heterocycles. The molecule has 2 aromatic carbocycles. The van der Waals surface area contributed by atoms with Gasteiger partial charge in [-0.15, -0.1) is 10.2 Å². The van der Waals surface area contributed by atoms with E-state index in [1.54, 1.807) is 29.6 Å². The molecule has 3 N–H and O–H groups in total. The van der Waals surface area contributed by atoms with Gasteiger partial charge < -0.3 is 15.6 Å². The van der Waals surface area contributed by atoms with Crippen LogP contribution in [0.5, 0.6) is 0 Å². The zero-order chi connectivity index (χ0) is 25.2. The maximum absolute atomic E-state index is 12.8. The van der Waals surface area contributed by atoms with Crippen molar-refractivity contribution >= 4 is 22.5 Å². The summed E-state index contributed by atoms with van der Waals surface area (Å²) in [5.41, 5.74) is 12.1. The molecule has 0 aliphatic carbocycles. The lowest BCUT2D eigenvalue weighted by Crippen LogP contribution is -2.23. The molecule has 5 aromatic rings. The number of fused-ring (bicyclic) bond motifs is 1. The Labute approximate surface area is 209 Å². The van der Waals surface area contributed by atoms with Crippen LogP contribution in [0.15, 0.2) is 61.3 Å². The third kappa shape index (κ3) is 4.68. The minimum absolute atomic E-state index is 0.159. The summed E-state index contributed by atoms with van der Waals surface area (Å²) in [6.07, 6.45) is 7.51. The average Bonchev–Trinajstić information content (AvgIpc) is 3.50. The smallest absolute Gasteiger partial charge is 0.254 e. The summed E-state index contributed by atoms with van der Waals surface area (Å²) in [5.74, 6) is 1.27. The van der Waals surface area contributed by atoms with E-state index in [4.69, 9.17) is 5.73 Å². The minimum Gasteiger partial charge on any atom is -0.383 e. The molecule has 1 amide bonds. The van der Waals surface area contributed by atoms with Gasteiger partial charge in [-0.2, -0.15) is 5.10 Å². The molecule has 9 heteroatoms. The number of nitrogens with two attached hydrogens (primary N) is 1. The number of rotatable bonds is 7. The van der Waals surface area contributed by atoms with E-state index in [1.165, 1.54) is 0 Å². The minimum atomic E-state index is -0.159. The second kappa shape index (κ2) is 9.61. The molecule has 0 bridgehead atoms. The molecule has 0 spiro atoms. The first-order chi connectivity index (χ1) is 17.4. The Bertz CT molecular complexity index is 1550. The molecule has 0 unspecified atom stereocenters. The number of carbonyl (C=O) groups is 1. The van der Waals surface area contributed by atoms with Crippen LogP contribution in [0.4, 0.5) is 5.82 Å². The zero-order valence-corrected chi connectivity index (χ0v) is 20.6. The molecule has 182 valence electrons. The van der Waals surface area contributed by atoms with Gasteiger partial charge in [0, 0.05) is 37.8 Å². The number of nitrogens with one attached hydrogen (secondary N) is 1. The number of carbonyl (C=O) groups excluding carboxylic acids is 1. The van der Waals surface area contributed by atoms with Crippen LogP contribution in [0.2, 0.25) is 0 Å². The Morgan fingerprint density at radius 2 is 1.86 bits per heavy atom. The summed E-state index contributed by atoms with van der Waals surface area (Å²) < 4.78 is 3.69. The van der Waals surface area contributed by atoms with E-state index in [0.717, 1.165) is 50.8 Å². The SMILES string of the molecule is Cc1cc2c(N)nccc2c(C)c1CNC(=O)c1cnn(Cc2ccc(Cc3nncn3C)cc2)c1. The molecule has 36 heavy (non-hydrogen) atoms. The van der Waals surface area contributed by atoms with Gasteiger partial charge in [0.05, 0.1) is 18.3 Å². The summed E-state index contributed by atoms with van der Waals surface area (Å²) in [6, 6.07) is 12.3. The fourth-order valence-corrected chi connectivity index (χ4v) is 4.44. The summed E-state index contributed by atoms with van der Waals surface area (Å²) in [6.45, 7) is 5.08. The fourth-order valence-electron chi connectivity index (χ4n) is 4.44. The number of nitrogens with zero attached hydrogens (tertiary/aromatic N) is 6. The van der Waals surface area contributed by atoms with Gasteiger partial charge in [-0.3, -0.25) is 9.48 Å². The Hall–Kier alpha value is -4.53. The van der Waals surface area contributed by atoms with E-state index in [1.807, 2.05) is 37.6 Å². The summed E-state index contributed by atoms with van der Waals surface area (Å²) in [5, 5.41) is 17.5. The molecule has 0 radical (unpaired) electrons. The van der Waals surface area contributed by atoms with Gasteiger partial charge in [0.2, 0.25) is 0 Å². The number of aryl methyl sites for hydroxylation is 3.